The van der Waals surface area contributed by atoms with E-state index in [2.05, 4.69) is 4.74 Å². The van der Waals surface area contributed by atoms with Crippen LogP contribution < -0.4 is 14.2 Å². The number of halogens is 3. The minimum Gasteiger partial charge on any atom is -0.491 e. The molecule has 0 radical (unpaired) electrons. The van der Waals surface area contributed by atoms with Crippen LogP contribution in [0, 0.1) is 0 Å². The highest BCUT2D eigenvalue weighted by molar-refractivity contribution is 6.07. The smallest absolute Gasteiger partial charge is 0.491 e. The number of hydrogen-bond donors (Lipinski definition) is 0. The number of benzene rings is 3. The third kappa shape index (κ3) is 7.34. The van der Waals surface area contributed by atoms with E-state index in [1.165, 1.54) is 12.1 Å². The molecule has 0 amide bonds. The van der Waals surface area contributed by atoms with E-state index in [4.69, 9.17) is 18.9 Å². The van der Waals surface area contributed by atoms with Crippen molar-refractivity contribution in [3.8, 4) is 28.7 Å². The van der Waals surface area contributed by atoms with Gasteiger partial charge < -0.3 is 28.3 Å². The Labute approximate surface area is 240 Å². The van der Waals surface area contributed by atoms with Crippen LogP contribution in [-0.4, -0.2) is 42.2 Å². The molecule has 1 aromatic heterocycles. The van der Waals surface area contributed by atoms with Gasteiger partial charge in [0.15, 0.2) is 0 Å². The summed E-state index contributed by atoms with van der Waals surface area (Å²) in [6, 6.07) is 17.1. The van der Waals surface area contributed by atoms with Crippen LogP contribution in [0.3, 0.4) is 0 Å². The molecule has 0 aliphatic carbocycles. The lowest BCUT2D eigenvalue weighted by Gasteiger charge is -2.14. The Bertz CT molecular complexity index is 1560. The zero-order valence-corrected chi connectivity index (χ0v) is 23.5. The molecule has 0 saturated carbocycles. The van der Waals surface area contributed by atoms with Gasteiger partial charge in [0, 0.05) is 22.8 Å². The van der Waals surface area contributed by atoms with E-state index in [1.807, 2.05) is 13.8 Å². The van der Waals surface area contributed by atoms with Crippen molar-refractivity contribution in [2.24, 2.45) is 0 Å². The van der Waals surface area contributed by atoms with Crippen LogP contribution >= 0.6 is 0 Å². The largest absolute Gasteiger partial charge is 0.573 e. The Morgan fingerprint density at radius 3 is 2.12 bits per heavy atom. The molecular weight excluding hydrogens is 555 g/mol. The summed E-state index contributed by atoms with van der Waals surface area (Å²) in [5.74, 6) is -0.669. The SMILES string of the molecule is CCOC(=O)Cc1c(C(=O)OCC)c2cc(Oc3cccc(OC(F)(F)F)c3)ccc2n1-c1ccc(OC(C)C)cc1. The maximum absolute atomic E-state index is 13.3. The summed E-state index contributed by atoms with van der Waals surface area (Å²) in [6.45, 7) is 7.43. The third-order valence-electron chi connectivity index (χ3n) is 5.87. The van der Waals surface area contributed by atoms with Gasteiger partial charge in [-0.1, -0.05) is 6.07 Å². The summed E-state index contributed by atoms with van der Waals surface area (Å²) < 4.78 is 66.0. The lowest BCUT2D eigenvalue weighted by Crippen LogP contribution is -2.16. The van der Waals surface area contributed by atoms with Crippen LogP contribution in [-0.2, 0) is 20.7 Å². The summed E-state index contributed by atoms with van der Waals surface area (Å²) >= 11 is 0. The van der Waals surface area contributed by atoms with Gasteiger partial charge in [0.2, 0.25) is 0 Å². The molecule has 4 aromatic rings. The summed E-state index contributed by atoms with van der Waals surface area (Å²) in [4.78, 5) is 26.0. The maximum Gasteiger partial charge on any atom is 0.573 e. The Morgan fingerprint density at radius 1 is 0.833 bits per heavy atom. The number of hydrogen-bond acceptors (Lipinski definition) is 7. The summed E-state index contributed by atoms with van der Waals surface area (Å²) in [6.07, 6.45) is -5.12. The van der Waals surface area contributed by atoms with Crippen molar-refractivity contribution in [1.29, 1.82) is 0 Å². The first kappa shape index (κ1) is 30.3. The maximum atomic E-state index is 13.3. The number of aromatic nitrogens is 1. The molecule has 3 aromatic carbocycles. The average Bonchev–Trinajstić information content (AvgIpc) is 3.21. The van der Waals surface area contributed by atoms with Gasteiger partial charge in [-0.3, -0.25) is 4.79 Å². The number of rotatable bonds is 11. The molecule has 0 atom stereocenters. The third-order valence-corrected chi connectivity index (χ3v) is 5.87. The van der Waals surface area contributed by atoms with E-state index in [-0.39, 0.29) is 42.8 Å². The lowest BCUT2D eigenvalue weighted by atomic mass is 10.1. The number of carbonyl (C=O) groups excluding carboxylic acids is 2. The molecule has 222 valence electrons. The van der Waals surface area contributed by atoms with Crippen molar-refractivity contribution in [1.82, 2.24) is 4.57 Å². The fourth-order valence-electron chi connectivity index (χ4n) is 4.45. The van der Waals surface area contributed by atoms with Crippen LogP contribution in [0.15, 0.2) is 66.7 Å². The van der Waals surface area contributed by atoms with E-state index in [0.29, 0.717) is 28.0 Å². The number of fused-ring (bicyclic) bond motifs is 1. The van der Waals surface area contributed by atoms with Crippen LogP contribution in [0.2, 0.25) is 0 Å². The van der Waals surface area contributed by atoms with Gasteiger partial charge >= 0.3 is 18.3 Å². The Morgan fingerprint density at radius 2 is 1.48 bits per heavy atom. The second kappa shape index (κ2) is 12.9. The van der Waals surface area contributed by atoms with Gasteiger partial charge in [-0.2, -0.15) is 0 Å². The topological polar surface area (TPSA) is 85.2 Å². The van der Waals surface area contributed by atoms with Gasteiger partial charge in [-0.15, -0.1) is 13.2 Å². The van der Waals surface area contributed by atoms with Gasteiger partial charge in [0.1, 0.15) is 23.0 Å². The van der Waals surface area contributed by atoms with E-state index in [0.717, 1.165) is 12.1 Å². The Hall–Kier alpha value is -4.67. The second-order valence-corrected chi connectivity index (χ2v) is 9.32. The molecule has 0 N–H and O–H groups in total. The minimum atomic E-state index is -4.86. The molecule has 42 heavy (non-hydrogen) atoms. The normalized spacial score (nSPS) is 11.4. The Kier molecular flexibility index (Phi) is 9.29. The molecule has 8 nitrogen and oxygen atoms in total. The fraction of sp³-hybridized carbons (Fsp3) is 0.290. The number of alkyl halides is 3. The summed E-state index contributed by atoms with van der Waals surface area (Å²) in [5, 5.41) is 0.412. The van der Waals surface area contributed by atoms with Crippen LogP contribution in [0.1, 0.15) is 43.7 Å². The molecule has 0 aliphatic rings. The van der Waals surface area contributed by atoms with Crippen LogP contribution in [0.4, 0.5) is 13.2 Å². The number of ether oxygens (including phenoxy) is 5. The van der Waals surface area contributed by atoms with Crippen molar-refractivity contribution >= 4 is 22.8 Å². The molecule has 0 spiro atoms. The van der Waals surface area contributed by atoms with Crippen molar-refractivity contribution in [3.63, 3.8) is 0 Å². The molecule has 1 heterocycles. The first-order chi connectivity index (χ1) is 20.0. The van der Waals surface area contributed by atoms with Gasteiger partial charge in [0.25, 0.3) is 0 Å². The lowest BCUT2D eigenvalue weighted by molar-refractivity contribution is -0.274. The first-order valence-corrected chi connectivity index (χ1v) is 13.3. The second-order valence-electron chi connectivity index (χ2n) is 9.32. The molecule has 11 heteroatoms. The minimum absolute atomic E-state index is 0.0304. The standard InChI is InChI=1S/C31H30F3NO7/c1-5-38-28(36)18-27-29(30(37)39-6-2)25-17-23(41-22-8-7-9-24(16-22)42-31(32,33)34)14-15-26(25)35(27)20-10-12-21(13-11-20)40-19(3)4/h7-17,19H,5-6,18H2,1-4H3. The molecule has 0 fully saturated rings. The fourth-order valence-corrected chi connectivity index (χ4v) is 4.45. The van der Waals surface area contributed by atoms with E-state index in [9.17, 15) is 22.8 Å². The highest BCUT2D eigenvalue weighted by Gasteiger charge is 2.31. The number of nitrogens with zero attached hydrogens (tertiary/aromatic N) is 1. The van der Waals surface area contributed by atoms with Crippen molar-refractivity contribution in [2.45, 2.75) is 46.6 Å². The Balaban J connectivity index is 1.86. The van der Waals surface area contributed by atoms with Gasteiger partial charge in [-0.05, 0) is 82.3 Å². The van der Waals surface area contributed by atoms with E-state index in [1.54, 1.807) is 60.9 Å². The molecule has 0 aliphatic heterocycles. The highest BCUT2D eigenvalue weighted by atomic mass is 19.4. The molecule has 0 saturated heterocycles. The molecule has 0 bridgehead atoms. The van der Waals surface area contributed by atoms with Crippen LogP contribution in [0.5, 0.6) is 23.0 Å². The van der Waals surface area contributed by atoms with E-state index >= 15 is 0 Å². The van der Waals surface area contributed by atoms with Crippen molar-refractivity contribution in [3.05, 3.63) is 78.0 Å². The van der Waals surface area contributed by atoms with Crippen molar-refractivity contribution in [2.75, 3.05) is 13.2 Å². The van der Waals surface area contributed by atoms with Crippen molar-refractivity contribution < 1.29 is 46.4 Å². The predicted octanol–water partition coefficient (Wildman–Crippen LogP) is 7.39. The quantitative estimate of drug-likeness (QED) is 0.170. The summed E-state index contributed by atoms with van der Waals surface area (Å²) in [5.41, 5.74) is 1.70. The van der Waals surface area contributed by atoms with E-state index < -0.39 is 24.1 Å². The molecule has 0 unspecified atom stereocenters. The first-order valence-electron chi connectivity index (χ1n) is 13.3. The number of esters is 2. The average molecular weight is 586 g/mol. The number of carbonyl (C=O) groups is 2. The monoisotopic (exact) mass is 585 g/mol. The predicted molar refractivity (Wildman–Crippen MR) is 149 cm³/mol. The van der Waals surface area contributed by atoms with Gasteiger partial charge in [-0.25, -0.2) is 4.79 Å². The summed E-state index contributed by atoms with van der Waals surface area (Å²) in [7, 11) is 0. The molecule has 4 rings (SSSR count). The van der Waals surface area contributed by atoms with Crippen LogP contribution in [0.25, 0.3) is 16.6 Å². The zero-order chi connectivity index (χ0) is 30.4. The highest BCUT2D eigenvalue weighted by Crippen LogP contribution is 2.36. The zero-order valence-electron chi connectivity index (χ0n) is 23.5. The molecular formula is C31H30F3NO7. The van der Waals surface area contributed by atoms with Gasteiger partial charge in [0.05, 0.1) is 36.8 Å².